The summed E-state index contributed by atoms with van der Waals surface area (Å²) in [5.41, 5.74) is 5.18. The highest BCUT2D eigenvalue weighted by molar-refractivity contribution is 5.80. The lowest BCUT2D eigenvalue weighted by atomic mass is 10.2. The Labute approximate surface area is 122 Å². The van der Waals surface area contributed by atoms with Crippen LogP contribution in [0.1, 0.15) is 13.8 Å². The molecule has 0 bridgehead atoms. The van der Waals surface area contributed by atoms with Crippen LogP contribution in [0.2, 0.25) is 0 Å². The number of nitro groups is 1. The summed E-state index contributed by atoms with van der Waals surface area (Å²) >= 11 is 0. The second kappa shape index (κ2) is 7.44. The van der Waals surface area contributed by atoms with Gasteiger partial charge in [-0.3, -0.25) is 14.9 Å². The summed E-state index contributed by atoms with van der Waals surface area (Å²) in [6.45, 7) is 3.76. The molecule has 3 N–H and O–H groups in total. The molecule has 116 valence electrons. The number of nitrogens with zero attached hydrogens (tertiary/aromatic N) is 1. The van der Waals surface area contributed by atoms with Crippen LogP contribution in [0.4, 0.5) is 5.69 Å². The summed E-state index contributed by atoms with van der Waals surface area (Å²) in [5.74, 6) is -0.0125. The van der Waals surface area contributed by atoms with E-state index in [1.807, 2.05) is 13.8 Å². The van der Waals surface area contributed by atoms with Crippen molar-refractivity contribution in [1.29, 1.82) is 0 Å². The van der Waals surface area contributed by atoms with E-state index in [-0.39, 0.29) is 24.1 Å². The molecule has 0 heterocycles. The number of amides is 1. The van der Waals surface area contributed by atoms with Crippen LogP contribution in [0.5, 0.6) is 11.5 Å². The Balaban J connectivity index is 2.82. The highest BCUT2D eigenvalue weighted by atomic mass is 16.6. The Hall–Kier alpha value is -2.35. The molecule has 1 unspecified atom stereocenters. The summed E-state index contributed by atoms with van der Waals surface area (Å²) in [5, 5.41) is 13.7. The maximum Gasteiger partial charge on any atom is 0.273 e. The normalized spacial score (nSPS) is 12.0. The lowest BCUT2D eigenvalue weighted by Crippen LogP contribution is -2.48. The van der Waals surface area contributed by atoms with Crippen molar-refractivity contribution in [1.82, 2.24) is 5.32 Å². The summed E-state index contributed by atoms with van der Waals surface area (Å²) in [6.07, 6.45) is 0. The first-order chi connectivity index (χ1) is 9.85. The number of benzene rings is 1. The fourth-order valence-corrected chi connectivity index (χ4v) is 1.68. The molecule has 0 aliphatic heterocycles. The van der Waals surface area contributed by atoms with Crippen molar-refractivity contribution in [3.8, 4) is 11.5 Å². The number of nitro benzene ring substituents is 1. The van der Waals surface area contributed by atoms with Crippen molar-refractivity contribution < 1.29 is 19.2 Å². The minimum absolute atomic E-state index is 0.00167. The van der Waals surface area contributed by atoms with E-state index in [4.69, 9.17) is 15.2 Å². The second-order valence-electron chi connectivity index (χ2n) is 4.68. The average Bonchev–Trinajstić information content (AvgIpc) is 2.42. The molecule has 0 aromatic heterocycles. The number of carbonyl (C=O) groups excluding carboxylic acids is 1. The van der Waals surface area contributed by atoms with Crippen LogP contribution >= 0.6 is 0 Å². The van der Waals surface area contributed by atoms with Crippen molar-refractivity contribution in [3.63, 3.8) is 0 Å². The van der Waals surface area contributed by atoms with Crippen LogP contribution in [0.25, 0.3) is 0 Å². The molecule has 0 saturated carbocycles. The molecule has 1 rings (SSSR count). The molecule has 0 saturated heterocycles. The van der Waals surface area contributed by atoms with Crippen molar-refractivity contribution in [2.45, 2.75) is 25.9 Å². The molecule has 0 fully saturated rings. The van der Waals surface area contributed by atoms with Gasteiger partial charge in [0.25, 0.3) is 5.69 Å². The maximum atomic E-state index is 11.3. The molecule has 8 heteroatoms. The lowest BCUT2D eigenvalue weighted by Gasteiger charge is -2.19. The number of carbonyl (C=O) groups is 1. The molecule has 8 nitrogen and oxygen atoms in total. The van der Waals surface area contributed by atoms with Crippen LogP contribution in [0.15, 0.2) is 18.2 Å². The van der Waals surface area contributed by atoms with E-state index >= 15 is 0 Å². The first-order valence-corrected chi connectivity index (χ1v) is 6.35. The van der Waals surface area contributed by atoms with Crippen LogP contribution in [-0.2, 0) is 4.79 Å². The summed E-state index contributed by atoms with van der Waals surface area (Å²) in [6, 6.07) is 3.37. The van der Waals surface area contributed by atoms with Gasteiger partial charge >= 0.3 is 0 Å². The van der Waals surface area contributed by atoms with Crippen LogP contribution in [0, 0.1) is 10.1 Å². The minimum Gasteiger partial charge on any atom is -0.493 e. The van der Waals surface area contributed by atoms with E-state index in [9.17, 15) is 14.9 Å². The number of hydrogen-bond donors (Lipinski definition) is 2. The summed E-state index contributed by atoms with van der Waals surface area (Å²) in [7, 11) is 1.38. The molecule has 21 heavy (non-hydrogen) atoms. The molecular formula is C13H19N3O5. The number of primary amides is 1. The van der Waals surface area contributed by atoms with Gasteiger partial charge in [0.15, 0.2) is 11.5 Å². The highest BCUT2D eigenvalue weighted by Crippen LogP contribution is 2.31. The van der Waals surface area contributed by atoms with E-state index in [0.717, 1.165) is 0 Å². The number of ether oxygens (including phenoxy) is 2. The van der Waals surface area contributed by atoms with Crippen molar-refractivity contribution >= 4 is 11.6 Å². The number of rotatable bonds is 8. The Morgan fingerprint density at radius 2 is 2.10 bits per heavy atom. The van der Waals surface area contributed by atoms with Crippen LogP contribution < -0.4 is 20.5 Å². The molecule has 1 aromatic rings. The van der Waals surface area contributed by atoms with E-state index in [1.165, 1.54) is 25.3 Å². The average molecular weight is 297 g/mol. The van der Waals surface area contributed by atoms with E-state index < -0.39 is 16.9 Å². The van der Waals surface area contributed by atoms with Crippen LogP contribution in [0.3, 0.4) is 0 Å². The third-order valence-electron chi connectivity index (χ3n) is 2.64. The van der Waals surface area contributed by atoms with Gasteiger partial charge in [0, 0.05) is 12.1 Å². The smallest absolute Gasteiger partial charge is 0.273 e. The lowest BCUT2D eigenvalue weighted by molar-refractivity contribution is -0.385. The number of nitrogens with one attached hydrogen (secondary N) is 1. The molecule has 0 aliphatic rings. The minimum atomic E-state index is -0.662. The van der Waals surface area contributed by atoms with Gasteiger partial charge in [-0.1, -0.05) is 13.8 Å². The molecule has 0 aliphatic carbocycles. The van der Waals surface area contributed by atoms with Gasteiger partial charge in [0.05, 0.1) is 18.1 Å². The monoisotopic (exact) mass is 297 g/mol. The standard InChI is InChI=1S/C13H19N3O5/c1-8(2)15-10(13(14)17)7-21-11-5-4-9(16(18)19)6-12(11)20-3/h4-6,8,10,15H,7H2,1-3H3,(H2,14,17). The highest BCUT2D eigenvalue weighted by Gasteiger charge is 2.19. The van der Waals surface area contributed by atoms with Gasteiger partial charge in [-0.25, -0.2) is 0 Å². The number of methoxy groups -OCH3 is 1. The first kappa shape index (κ1) is 16.7. The Morgan fingerprint density at radius 3 is 2.57 bits per heavy atom. The first-order valence-electron chi connectivity index (χ1n) is 6.35. The van der Waals surface area contributed by atoms with Gasteiger partial charge in [-0.05, 0) is 6.07 Å². The fourth-order valence-electron chi connectivity index (χ4n) is 1.68. The second-order valence-corrected chi connectivity index (χ2v) is 4.68. The fraction of sp³-hybridized carbons (Fsp3) is 0.462. The largest absolute Gasteiger partial charge is 0.493 e. The third-order valence-corrected chi connectivity index (χ3v) is 2.64. The van der Waals surface area contributed by atoms with Crippen molar-refractivity contribution in [2.24, 2.45) is 5.73 Å². The molecule has 1 aromatic carbocycles. The van der Waals surface area contributed by atoms with E-state index in [1.54, 1.807) is 0 Å². The summed E-state index contributed by atoms with van der Waals surface area (Å²) < 4.78 is 10.5. The molecule has 0 radical (unpaired) electrons. The Morgan fingerprint density at radius 1 is 1.43 bits per heavy atom. The SMILES string of the molecule is COc1cc([N+](=O)[O-])ccc1OCC(NC(C)C)C(N)=O. The molecule has 1 amide bonds. The van der Waals surface area contributed by atoms with Gasteiger partial charge in [-0.15, -0.1) is 0 Å². The zero-order valence-corrected chi connectivity index (χ0v) is 12.2. The van der Waals surface area contributed by atoms with Gasteiger partial charge in [0.2, 0.25) is 5.91 Å². The number of nitrogens with two attached hydrogens (primary N) is 1. The topological polar surface area (TPSA) is 117 Å². The Kier molecular flexibility index (Phi) is 5.92. The van der Waals surface area contributed by atoms with Gasteiger partial charge in [-0.2, -0.15) is 0 Å². The van der Waals surface area contributed by atoms with Crippen molar-refractivity contribution in [2.75, 3.05) is 13.7 Å². The van der Waals surface area contributed by atoms with E-state index in [0.29, 0.717) is 5.75 Å². The summed E-state index contributed by atoms with van der Waals surface area (Å²) in [4.78, 5) is 21.5. The zero-order valence-electron chi connectivity index (χ0n) is 12.2. The van der Waals surface area contributed by atoms with Gasteiger partial charge in [0.1, 0.15) is 12.6 Å². The molecule has 1 atom stereocenters. The Bertz CT molecular complexity index is 519. The maximum absolute atomic E-state index is 11.3. The van der Waals surface area contributed by atoms with Gasteiger partial charge < -0.3 is 20.5 Å². The van der Waals surface area contributed by atoms with Crippen LogP contribution in [-0.4, -0.2) is 36.6 Å². The molecule has 0 spiro atoms. The predicted octanol–water partition coefficient (Wildman–Crippen LogP) is 0.834. The third kappa shape index (κ3) is 4.92. The quantitative estimate of drug-likeness (QED) is 0.542. The zero-order chi connectivity index (χ0) is 16.0. The molecular weight excluding hydrogens is 278 g/mol. The number of non-ortho nitro benzene ring substituents is 1. The predicted molar refractivity (Wildman–Crippen MR) is 76.4 cm³/mol. The van der Waals surface area contributed by atoms with E-state index in [2.05, 4.69) is 5.32 Å². The number of hydrogen-bond acceptors (Lipinski definition) is 6. The van der Waals surface area contributed by atoms with Crippen molar-refractivity contribution in [3.05, 3.63) is 28.3 Å².